The molecule has 4 nitrogen and oxygen atoms in total. The molecule has 0 unspecified atom stereocenters. The molecule has 0 fully saturated rings. The molecule has 1 aliphatic rings. The van der Waals surface area contributed by atoms with E-state index >= 15 is 0 Å². The molecule has 0 saturated heterocycles. The van der Waals surface area contributed by atoms with E-state index in [1.165, 1.54) is 0 Å². The molecule has 0 bridgehead atoms. The Hall–Kier alpha value is -0.340. The Bertz CT molecular complexity index is 444. The van der Waals surface area contributed by atoms with Crippen molar-refractivity contribution in [1.82, 2.24) is 4.72 Å². The third-order valence-corrected chi connectivity index (χ3v) is 4.13. The number of anilines is 1. The number of sulfonamides is 1. The van der Waals surface area contributed by atoms with Crippen LogP contribution in [0.5, 0.6) is 0 Å². The summed E-state index contributed by atoms with van der Waals surface area (Å²) in [7, 11) is -3.28. The maximum Gasteiger partial charge on any atom is 0.244 e. The minimum atomic E-state index is -3.28. The molecule has 0 radical (unpaired) electrons. The summed E-state index contributed by atoms with van der Waals surface area (Å²) in [5.41, 5.74) is 0.696. The number of hydrogen-bond acceptors (Lipinski definition) is 3. The lowest BCUT2D eigenvalue weighted by atomic mass is 10.3. The zero-order valence-electron chi connectivity index (χ0n) is 6.54. The monoisotopic (exact) mass is 310 g/mol. The van der Waals surface area contributed by atoms with E-state index < -0.39 is 10.0 Å². The molecule has 6 heteroatoms. The Kier molecular flexibility index (Phi) is 2.20. The molecule has 0 aromatic heterocycles. The van der Waals surface area contributed by atoms with Crippen LogP contribution in [0, 0.1) is 3.57 Å². The van der Waals surface area contributed by atoms with Gasteiger partial charge in [0.05, 0.1) is 12.4 Å². The Morgan fingerprint density at radius 3 is 2.85 bits per heavy atom. The average Bonchev–Trinajstić information content (AvgIpc) is 2.06. The predicted molar refractivity (Wildman–Crippen MR) is 58.0 cm³/mol. The number of halogens is 1. The first-order chi connectivity index (χ1) is 6.11. The van der Waals surface area contributed by atoms with Crippen LogP contribution in [0.15, 0.2) is 23.1 Å². The van der Waals surface area contributed by atoms with Crippen molar-refractivity contribution in [1.29, 1.82) is 0 Å². The van der Waals surface area contributed by atoms with Gasteiger partial charge in [-0.05, 0) is 34.7 Å². The van der Waals surface area contributed by atoms with Gasteiger partial charge in [-0.25, -0.2) is 8.42 Å². The molecule has 0 aliphatic carbocycles. The van der Waals surface area contributed by atoms with Crippen molar-refractivity contribution in [2.24, 2.45) is 0 Å². The SMILES string of the molecule is O=S1(=O)NCNc2c(I)cccc21. The first kappa shape index (κ1) is 9.22. The van der Waals surface area contributed by atoms with Crippen molar-refractivity contribution in [3.63, 3.8) is 0 Å². The average molecular weight is 310 g/mol. The van der Waals surface area contributed by atoms with Crippen molar-refractivity contribution < 1.29 is 8.42 Å². The lowest BCUT2D eigenvalue weighted by Gasteiger charge is -2.19. The number of fused-ring (bicyclic) bond motifs is 1. The first-order valence-corrected chi connectivity index (χ1v) is 6.19. The Labute approximate surface area is 89.9 Å². The molecule has 0 saturated carbocycles. The summed E-state index contributed by atoms with van der Waals surface area (Å²) in [6, 6.07) is 5.19. The highest BCUT2D eigenvalue weighted by Crippen LogP contribution is 2.28. The van der Waals surface area contributed by atoms with Gasteiger partial charge in [-0.3, -0.25) is 0 Å². The van der Waals surface area contributed by atoms with Gasteiger partial charge in [-0.15, -0.1) is 0 Å². The van der Waals surface area contributed by atoms with E-state index in [1.54, 1.807) is 12.1 Å². The van der Waals surface area contributed by atoms with E-state index in [-0.39, 0.29) is 6.67 Å². The third kappa shape index (κ3) is 1.53. The first-order valence-electron chi connectivity index (χ1n) is 3.63. The van der Waals surface area contributed by atoms with Gasteiger partial charge < -0.3 is 5.32 Å². The molecule has 1 heterocycles. The van der Waals surface area contributed by atoms with Gasteiger partial charge in [0.2, 0.25) is 10.0 Å². The predicted octanol–water partition coefficient (Wildman–Crippen LogP) is 0.952. The highest BCUT2D eigenvalue weighted by molar-refractivity contribution is 14.1. The van der Waals surface area contributed by atoms with Crippen LogP contribution in [0.1, 0.15) is 0 Å². The Morgan fingerprint density at radius 2 is 2.15 bits per heavy atom. The second kappa shape index (κ2) is 3.10. The second-order valence-corrected chi connectivity index (χ2v) is 5.51. The summed E-state index contributed by atoms with van der Waals surface area (Å²) in [6.45, 7) is 0.259. The van der Waals surface area contributed by atoms with Crippen LogP contribution in [0.2, 0.25) is 0 Å². The van der Waals surface area contributed by atoms with Gasteiger partial charge in [0, 0.05) is 3.57 Å². The molecule has 1 aromatic carbocycles. The summed E-state index contributed by atoms with van der Waals surface area (Å²) < 4.78 is 26.3. The lowest BCUT2D eigenvalue weighted by Crippen LogP contribution is -2.34. The summed E-state index contributed by atoms with van der Waals surface area (Å²) >= 11 is 2.11. The fourth-order valence-electron chi connectivity index (χ4n) is 1.20. The number of nitrogens with one attached hydrogen (secondary N) is 2. The topological polar surface area (TPSA) is 58.2 Å². The van der Waals surface area contributed by atoms with E-state index in [9.17, 15) is 8.42 Å². The Balaban J connectivity index is 2.73. The zero-order chi connectivity index (χ0) is 9.47. The summed E-state index contributed by atoms with van der Waals surface area (Å²) in [5, 5.41) is 2.99. The summed E-state index contributed by atoms with van der Waals surface area (Å²) in [5.74, 6) is 0. The lowest BCUT2D eigenvalue weighted by molar-refractivity contribution is 0.581. The van der Waals surface area contributed by atoms with E-state index in [0.717, 1.165) is 3.57 Å². The van der Waals surface area contributed by atoms with Crippen LogP contribution in [-0.4, -0.2) is 15.1 Å². The third-order valence-electron chi connectivity index (χ3n) is 1.79. The van der Waals surface area contributed by atoms with Crippen LogP contribution >= 0.6 is 22.6 Å². The summed E-state index contributed by atoms with van der Waals surface area (Å²) in [6.07, 6.45) is 0. The number of hydrogen-bond donors (Lipinski definition) is 2. The number of rotatable bonds is 0. The number of benzene rings is 1. The molecular weight excluding hydrogens is 303 g/mol. The van der Waals surface area contributed by atoms with Crippen LogP contribution < -0.4 is 10.0 Å². The fourth-order valence-corrected chi connectivity index (χ4v) is 3.20. The van der Waals surface area contributed by atoms with E-state index in [4.69, 9.17) is 0 Å². The minimum Gasteiger partial charge on any atom is -0.370 e. The number of para-hydroxylation sites is 1. The van der Waals surface area contributed by atoms with Gasteiger partial charge in [0.1, 0.15) is 4.90 Å². The quantitative estimate of drug-likeness (QED) is 0.702. The van der Waals surface area contributed by atoms with Crippen molar-refractivity contribution in [2.75, 3.05) is 12.0 Å². The van der Waals surface area contributed by atoms with E-state index in [1.807, 2.05) is 6.07 Å². The van der Waals surface area contributed by atoms with Crippen LogP contribution in [0.25, 0.3) is 0 Å². The molecule has 1 aromatic rings. The van der Waals surface area contributed by atoms with Gasteiger partial charge in [0.25, 0.3) is 0 Å². The zero-order valence-corrected chi connectivity index (χ0v) is 9.52. The molecule has 1 aliphatic heterocycles. The molecule has 13 heavy (non-hydrogen) atoms. The van der Waals surface area contributed by atoms with Crippen LogP contribution in [0.4, 0.5) is 5.69 Å². The maximum absolute atomic E-state index is 11.5. The molecule has 0 spiro atoms. The normalized spacial score (nSPS) is 18.8. The van der Waals surface area contributed by atoms with E-state index in [0.29, 0.717) is 10.6 Å². The van der Waals surface area contributed by atoms with Crippen molar-refractivity contribution in [2.45, 2.75) is 4.90 Å². The smallest absolute Gasteiger partial charge is 0.244 e. The highest BCUT2D eigenvalue weighted by Gasteiger charge is 2.23. The van der Waals surface area contributed by atoms with Gasteiger partial charge in [0.15, 0.2) is 0 Å². The van der Waals surface area contributed by atoms with Crippen molar-refractivity contribution >= 4 is 38.3 Å². The van der Waals surface area contributed by atoms with Crippen LogP contribution in [-0.2, 0) is 10.0 Å². The standard InChI is InChI=1S/C7H7IN2O2S/c8-5-2-1-3-6-7(5)9-4-10-13(6,11)12/h1-3,9-10H,4H2. The molecule has 2 rings (SSSR count). The van der Waals surface area contributed by atoms with Crippen molar-refractivity contribution in [3.05, 3.63) is 21.8 Å². The summed E-state index contributed by atoms with van der Waals surface area (Å²) in [4.78, 5) is 0.325. The fraction of sp³-hybridized carbons (Fsp3) is 0.143. The van der Waals surface area contributed by atoms with Crippen LogP contribution in [0.3, 0.4) is 0 Å². The molecule has 0 amide bonds. The molecular formula is C7H7IN2O2S. The van der Waals surface area contributed by atoms with Gasteiger partial charge >= 0.3 is 0 Å². The minimum absolute atomic E-state index is 0.259. The molecule has 2 N–H and O–H groups in total. The second-order valence-electron chi connectivity index (χ2n) is 2.61. The van der Waals surface area contributed by atoms with Gasteiger partial charge in [-0.2, -0.15) is 4.72 Å². The maximum atomic E-state index is 11.5. The molecule has 0 atom stereocenters. The van der Waals surface area contributed by atoms with Gasteiger partial charge in [-0.1, -0.05) is 6.07 Å². The largest absolute Gasteiger partial charge is 0.370 e. The Morgan fingerprint density at radius 1 is 1.38 bits per heavy atom. The van der Waals surface area contributed by atoms with E-state index in [2.05, 4.69) is 32.6 Å². The van der Waals surface area contributed by atoms with Crippen molar-refractivity contribution in [3.8, 4) is 0 Å². The highest BCUT2D eigenvalue weighted by atomic mass is 127. The molecule has 70 valence electrons.